The molecular weight excluding hydrogens is 384 g/mol. The summed E-state index contributed by atoms with van der Waals surface area (Å²) in [6.45, 7) is 1.60. The molecule has 27 heavy (non-hydrogen) atoms. The Hall–Kier alpha value is -2.05. The lowest BCUT2D eigenvalue weighted by Gasteiger charge is -2.31. The van der Waals surface area contributed by atoms with Crippen LogP contribution in [0.3, 0.4) is 0 Å². The Balaban J connectivity index is 1.84. The predicted molar refractivity (Wildman–Crippen MR) is 109 cm³/mol. The molecule has 0 saturated heterocycles. The second-order valence-corrected chi connectivity index (χ2v) is 9.16. The Morgan fingerprint density at radius 1 is 1.19 bits per heavy atom. The van der Waals surface area contributed by atoms with Gasteiger partial charge in [0.1, 0.15) is 6.04 Å². The third-order valence-corrected chi connectivity index (χ3v) is 6.35. The Morgan fingerprint density at radius 3 is 2.52 bits per heavy atom. The molecule has 0 unspecified atom stereocenters. The van der Waals surface area contributed by atoms with Gasteiger partial charge in [-0.1, -0.05) is 35.9 Å². The molecule has 1 N–H and O–H groups in total. The molecule has 5 nitrogen and oxygen atoms in total. The number of nitrogens with one attached hydrogen (secondary N) is 1. The zero-order valence-electron chi connectivity index (χ0n) is 15.4. The number of nitrogens with zero attached hydrogens (tertiary/aromatic N) is 1. The van der Waals surface area contributed by atoms with E-state index < -0.39 is 16.1 Å². The van der Waals surface area contributed by atoms with Crippen LogP contribution in [0.5, 0.6) is 0 Å². The number of benzene rings is 2. The van der Waals surface area contributed by atoms with Crippen LogP contribution in [0.1, 0.15) is 36.9 Å². The summed E-state index contributed by atoms with van der Waals surface area (Å²) in [5.74, 6) is -0.322. The molecule has 3 rings (SSSR count). The minimum absolute atomic E-state index is 0.100. The van der Waals surface area contributed by atoms with Gasteiger partial charge < -0.3 is 5.32 Å². The fourth-order valence-corrected chi connectivity index (χ4v) is 4.89. The third kappa shape index (κ3) is 4.45. The lowest BCUT2D eigenvalue weighted by Crippen LogP contribution is -2.49. The van der Waals surface area contributed by atoms with Gasteiger partial charge in [-0.15, -0.1) is 0 Å². The maximum Gasteiger partial charge on any atom is 0.244 e. The number of fused-ring (bicyclic) bond motifs is 1. The first kappa shape index (κ1) is 19.7. The van der Waals surface area contributed by atoms with Crippen molar-refractivity contribution in [2.75, 3.05) is 10.6 Å². The standard InChI is InChI=1S/C20H23ClN2O3S/c1-14(23(27(2,25)26)17-12-10-16(21)11-13-17)20(24)22-19-9-5-7-15-6-3-4-8-18(15)19/h3-4,6,8,10-14,19H,5,7,9H2,1-2H3,(H,22,24)/t14-,19+/m1/s1. The van der Waals surface area contributed by atoms with E-state index in [0.717, 1.165) is 35.4 Å². The minimum Gasteiger partial charge on any atom is -0.347 e. The summed E-state index contributed by atoms with van der Waals surface area (Å²) in [4.78, 5) is 12.9. The van der Waals surface area contributed by atoms with Crippen LogP contribution in [0.15, 0.2) is 48.5 Å². The quantitative estimate of drug-likeness (QED) is 0.823. The van der Waals surface area contributed by atoms with E-state index in [2.05, 4.69) is 11.4 Å². The van der Waals surface area contributed by atoms with Crippen molar-refractivity contribution in [2.24, 2.45) is 0 Å². The van der Waals surface area contributed by atoms with Gasteiger partial charge in [-0.05, 0) is 61.6 Å². The van der Waals surface area contributed by atoms with Crippen molar-refractivity contribution < 1.29 is 13.2 Å². The van der Waals surface area contributed by atoms with E-state index in [4.69, 9.17) is 11.6 Å². The molecular formula is C20H23ClN2O3S. The molecule has 2 aromatic rings. The van der Waals surface area contributed by atoms with Crippen LogP contribution in [0.25, 0.3) is 0 Å². The first-order chi connectivity index (χ1) is 12.8. The first-order valence-electron chi connectivity index (χ1n) is 8.90. The van der Waals surface area contributed by atoms with Gasteiger partial charge in [0.25, 0.3) is 0 Å². The van der Waals surface area contributed by atoms with E-state index in [1.165, 1.54) is 5.56 Å². The smallest absolute Gasteiger partial charge is 0.244 e. The van der Waals surface area contributed by atoms with Crippen LogP contribution in [0.4, 0.5) is 5.69 Å². The number of carbonyl (C=O) groups is 1. The van der Waals surface area contributed by atoms with Gasteiger partial charge in [-0.2, -0.15) is 0 Å². The summed E-state index contributed by atoms with van der Waals surface area (Å²) in [5.41, 5.74) is 2.76. The van der Waals surface area contributed by atoms with Crippen LogP contribution in [-0.4, -0.2) is 26.6 Å². The van der Waals surface area contributed by atoms with Crippen molar-refractivity contribution in [2.45, 2.75) is 38.3 Å². The Labute approximate surface area is 165 Å². The SMILES string of the molecule is C[C@H](C(=O)N[C@H]1CCCc2ccccc21)N(c1ccc(Cl)cc1)S(C)(=O)=O. The molecule has 7 heteroatoms. The molecule has 1 aliphatic rings. The van der Waals surface area contributed by atoms with Gasteiger partial charge in [0, 0.05) is 5.02 Å². The molecule has 0 aromatic heterocycles. The van der Waals surface area contributed by atoms with Crippen LogP contribution < -0.4 is 9.62 Å². The molecule has 2 aromatic carbocycles. The van der Waals surface area contributed by atoms with Crippen molar-refractivity contribution in [3.8, 4) is 0 Å². The Kier molecular flexibility index (Phi) is 5.77. The van der Waals surface area contributed by atoms with Crippen LogP contribution in [0.2, 0.25) is 5.02 Å². The molecule has 0 aliphatic heterocycles. The summed E-state index contributed by atoms with van der Waals surface area (Å²) in [7, 11) is -3.65. The van der Waals surface area contributed by atoms with Gasteiger partial charge in [-0.25, -0.2) is 8.42 Å². The van der Waals surface area contributed by atoms with Gasteiger partial charge in [0.2, 0.25) is 15.9 Å². The monoisotopic (exact) mass is 406 g/mol. The maximum absolute atomic E-state index is 12.9. The van der Waals surface area contributed by atoms with E-state index in [1.54, 1.807) is 31.2 Å². The highest BCUT2D eigenvalue weighted by Gasteiger charge is 2.31. The minimum atomic E-state index is -3.65. The Morgan fingerprint density at radius 2 is 1.85 bits per heavy atom. The molecule has 0 fully saturated rings. The molecule has 144 valence electrons. The number of rotatable bonds is 5. The molecule has 1 amide bonds. The summed E-state index contributed by atoms with van der Waals surface area (Å²) < 4.78 is 25.9. The number of aryl methyl sites for hydroxylation is 1. The normalized spacial score (nSPS) is 17.7. The Bertz CT molecular complexity index is 928. The van der Waals surface area contributed by atoms with E-state index in [-0.39, 0.29) is 11.9 Å². The average Bonchev–Trinajstić information content (AvgIpc) is 2.62. The number of hydrogen-bond donors (Lipinski definition) is 1. The van der Waals surface area contributed by atoms with Crippen molar-refractivity contribution in [3.05, 3.63) is 64.7 Å². The summed E-state index contributed by atoms with van der Waals surface area (Å²) in [6.07, 6.45) is 3.93. The zero-order valence-corrected chi connectivity index (χ0v) is 16.9. The number of anilines is 1. The number of amides is 1. The molecule has 0 spiro atoms. The van der Waals surface area contributed by atoms with E-state index in [9.17, 15) is 13.2 Å². The second kappa shape index (κ2) is 7.90. The molecule has 0 radical (unpaired) electrons. The third-order valence-electron chi connectivity index (χ3n) is 4.86. The van der Waals surface area contributed by atoms with Crippen LogP contribution >= 0.6 is 11.6 Å². The highest BCUT2D eigenvalue weighted by atomic mass is 35.5. The van der Waals surface area contributed by atoms with Gasteiger partial charge in [0.15, 0.2) is 0 Å². The number of carbonyl (C=O) groups excluding carboxylic acids is 1. The maximum atomic E-state index is 12.9. The fourth-order valence-electron chi connectivity index (χ4n) is 3.59. The van der Waals surface area contributed by atoms with Gasteiger partial charge in [-0.3, -0.25) is 9.10 Å². The predicted octanol–water partition coefficient (Wildman–Crippen LogP) is 3.69. The number of hydrogen-bond acceptors (Lipinski definition) is 3. The summed E-state index contributed by atoms with van der Waals surface area (Å²) in [5, 5.41) is 3.54. The molecule has 0 saturated carbocycles. The number of halogens is 1. The van der Waals surface area contributed by atoms with E-state index >= 15 is 0 Å². The highest BCUT2D eigenvalue weighted by Crippen LogP contribution is 2.30. The number of sulfonamides is 1. The molecule has 2 atom stereocenters. The molecule has 0 heterocycles. The van der Waals surface area contributed by atoms with Crippen molar-refractivity contribution in [1.29, 1.82) is 0 Å². The van der Waals surface area contributed by atoms with Gasteiger partial charge >= 0.3 is 0 Å². The van der Waals surface area contributed by atoms with Crippen molar-refractivity contribution in [1.82, 2.24) is 5.32 Å². The highest BCUT2D eigenvalue weighted by molar-refractivity contribution is 7.92. The zero-order chi connectivity index (χ0) is 19.6. The topological polar surface area (TPSA) is 66.5 Å². The summed E-state index contributed by atoms with van der Waals surface area (Å²) >= 11 is 5.90. The second-order valence-electron chi connectivity index (χ2n) is 6.86. The van der Waals surface area contributed by atoms with E-state index in [1.807, 2.05) is 18.2 Å². The van der Waals surface area contributed by atoms with Crippen LogP contribution in [0, 0.1) is 0 Å². The fraction of sp³-hybridized carbons (Fsp3) is 0.350. The van der Waals surface area contributed by atoms with E-state index in [0.29, 0.717) is 10.7 Å². The van der Waals surface area contributed by atoms with Crippen molar-refractivity contribution in [3.63, 3.8) is 0 Å². The van der Waals surface area contributed by atoms with Gasteiger partial charge in [0.05, 0.1) is 18.0 Å². The largest absolute Gasteiger partial charge is 0.347 e. The van der Waals surface area contributed by atoms with Crippen molar-refractivity contribution >= 4 is 33.2 Å². The molecule has 0 bridgehead atoms. The average molecular weight is 407 g/mol. The first-order valence-corrected chi connectivity index (χ1v) is 11.1. The lowest BCUT2D eigenvalue weighted by molar-refractivity contribution is -0.122. The van der Waals surface area contributed by atoms with Crippen LogP contribution in [-0.2, 0) is 21.2 Å². The summed E-state index contributed by atoms with van der Waals surface area (Å²) in [6, 6.07) is 13.5. The lowest BCUT2D eigenvalue weighted by atomic mass is 9.87. The molecule has 1 aliphatic carbocycles.